The molecule has 2 nitrogen and oxygen atoms in total. The van der Waals surface area contributed by atoms with Crippen LogP contribution in [0.15, 0.2) is 12.7 Å². The molecule has 0 aliphatic heterocycles. The number of rotatable bonds is 3. The Bertz CT molecular complexity index is 290. The number of Topliss-reactive ketones (excluding diaryl/α,β-unsaturated/α-hetero) is 1. The molecule has 0 saturated heterocycles. The van der Waals surface area contributed by atoms with E-state index in [1.165, 1.54) is 6.42 Å². The first-order chi connectivity index (χ1) is 7.22. The van der Waals surface area contributed by atoms with Crippen molar-refractivity contribution in [1.29, 1.82) is 0 Å². The van der Waals surface area contributed by atoms with Gasteiger partial charge in [0.2, 0.25) is 0 Å². The summed E-state index contributed by atoms with van der Waals surface area (Å²) in [7, 11) is 0. The van der Waals surface area contributed by atoms with Gasteiger partial charge in [-0.25, -0.2) is 0 Å². The van der Waals surface area contributed by atoms with Crippen LogP contribution in [0, 0.1) is 17.8 Å². The minimum Gasteiger partial charge on any atom is -0.371 e. The number of carbonyl (C=O) groups excluding carboxylic acids is 1. The van der Waals surface area contributed by atoms with E-state index in [1.807, 2.05) is 6.08 Å². The van der Waals surface area contributed by atoms with Gasteiger partial charge in [-0.2, -0.15) is 0 Å². The molecule has 0 spiro atoms. The fourth-order valence-corrected chi connectivity index (χ4v) is 4.09. The number of ether oxygens (including phenoxy) is 1. The summed E-state index contributed by atoms with van der Waals surface area (Å²) in [6, 6.07) is 0. The van der Waals surface area contributed by atoms with Crippen LogP contribution in [0.2, 0.25) is 0 Å². The van der Waals surface area contributed by atoms with Crippen molar-refractivity contribution in [1.82, 2.24) is 0 Å². The molecule has 4 atom stereocenters. The summed E-state index contributed by atoms with van der Waals surface area (Å²) < 4.78 is 5.97. The topological polar surface area (TPSA) is 26.3 Å². The third kappa shape index (κ3) is 1.38. The molecule has 0 heterocycles. The van der Waals surface area contributed by atoms with Crippen LogP contribution in [0.4, 0.5) is 0 Å². The van der Waals surface area contributed by atoms with Gasteiger partial charge in [0.15, 0.2) is 0 Å². The first-order valence-corrected chi connectivity index (χ1v) is 6.01. The highest BCUT2D eigenvalue weighted by Crippen LogP contribution is 2.55. The van der Waals surface area contributed by atoms with Gasteiger partial charge in [-0.1, -0.05) is 6.08 Å². The average molecular weight is 206 g/mol. The number of hydrogen-bond donors (Lipinski definition) is 0. The molecular formula is C13H18O2. The van der Waals surface area contributed by atoms with E-state index in [2.05, 4.69) is 6.58 Å². The summed E-state index contributed by atoms with van der Waals surface area (Å²) in [5.41, 5.74) is 0.0403. The number of hydrogen-bond acceptors (Lipinski definition) is 2. The van der Waals surface area contributed by atoms with Crippen LogP contribution in [-0.4, -0.2) is 18.0 Å². The second-order valence-electron chi connectivity index (χ2n) is 5.53. The highest BCUT2D eigenvalue weighted by atomic mass is 16.5. The van der Waals surface area contributed by atoms with Crippen molar-refractivity contribution in [3.05, 3.63) is 12.7 Å². The molecule has 2 heteroatoms. The maximum Gasteiger partial charge on any atom is 0.139 e. The summed E-state index contributed by atoms with van der Waals surface area (Å²) in [6.45, 7) is 4.34. The van der Waals surface area contributed by atoms with Crippen LogP contribution in [0.3, 0.4) is 0 Å². The van der Waals surface area contributed by atoms with E-state index in [-0.39, 0.29) is 5.60 Å². The lowest BCUT2D eigenvalue weighted by molar-refractivity contribution is -0.172. The largest absolute Gasteiger partial charge is 0.371 e. The van der Waals surface area contributed by atoms with Gasteiger partial charge in [0.05, 0.1) is 12.2 Å². The van der Waals surface area contributed by atoms with Gasteiger partial charge in [0.1, 0.15) is 5.78 Å². The first kappa shape index (κ1) is 9.59. The molecule has 0 unspecified atom stereocenters. The van der Waals surface area contributed by atoms with E-state index >= 15 is 0 Å². The predicted molar refractivity (Wildman–Crippen MR) is 57.4 cm³/mol. The van der Waals surface area contributed by atoms with Gasteiger partial charge in [-0.3, -0.25) is 4.79 Å². The SMILES string of the molecule is C=CCO[C@]12C[C@@H]3C[C@H](C1)C(=O)[C@@H](C3)C2. The third-order valence-corrected chi connectivity index (χ3v) is 4.45. The monoisotopic (exact) mass is 206 g/mol. The maximum absolute atomic E-state index is 11.9. The van der Waals surface area contributed by atoms with Crippen LogP contribution in [-0.2, 0) is 9.53 Å². The lowest BCUT2D eigenvalue weighted by Gasteiger charge is -2.55. The molecule has 15 heavy (non-hydrogen) atoms. The zero-order chi connectivity index (χ0) is 10.5. The molecule has 4 saturated carbocycles. The maximum atomic E-state index is 11.9. The van der Waals surface area contributed by atoms with E-state index in [1.54, 1.807) is 0 Å². The Hall–Kier alpha value is -0.630. The van der Waals surface area contributed by atoms with Gasteiger partial charge in [-0.05, 0) is 38.0 Å². The Balaban J connectivity index is 1.82. The van der Waals surface area contributed by atoms with Crippen LogP contribution in [0.25, 0.3) is 0 Å². The molecule has 0 aromatic heterocycles. The van der Waals surface area contributed by atoms with Gasteiger partial charge >= 0.3 is 0 Å². The number of ketones is 1. The van der Waals surface area contributed by atoms with Gasteiger partial charge in [-0.15, -0.1) is 6.58 Å². The van der Waals surface area contributed by atoms with Gasteiger partial charge < -0.3 is 4.74 Å². The molecule has 4 bridgehead atoms. The Morgan fingerprint density at radius 1 is 1.33 bits per heavy atom. The Morgan fingerprint density at radius 2 is 2.00 bits per heavy atom. The van der Waals surface area contributed by atoms with Gasteiger partial charge in [0, 0.05) is 11.8 Å². The van der Waals surface area contributed by atoms with Crippen molar-refractivity contribution in [3.63, 3.8) is 0 Å². The van der Waals surface area contributed by atoms with Crippen molar-refractivity contribution < 1.29 is 9.53 Å². The van der Waals surface area contributed by atoms with Crippen molar-refractivity contribution in [2.75, 3.05) is 6.61 Å². The molecule has 0 aromatic carbocycles. The van der Waals surface area contributed by atoms with E-state index in [0.29, 0.717) is 24.2 Å². The standard InChI is InChI=1S/C13H18O2/c1-2-3-15-13-6-9-4-10(7-13)12(14)11(5-9)8-13/h2,9-11H,1,3-8H2/t9-,10-,11+,13-. The first-order valence-electron chi connectivity index (χ1n) is 6.01. The Morgan fingerprint density at radius 3 is 2.60 bits per heavy atom. The Labute approximate surface area is 90.7 Å². The third-order valence-electron chi connectivity index (χ3n) is 4.45. The second kappa shape index (κ2) is 3.18. The molecule has 0 aromatic rings. The van der Waals surface area contributed by atoms with Crippen molar-refractivity contribution in [2.24, 2.45) is 17.8 Å². The molecule has 4 aliphatic carbocycles. The van der Waals surface area contributed by atoms with Gasteiger partial charge in [0.25, 0.3) is 0 Å². The second-order valence-corrected chi connectivity index (χ2v) is 5.53. The molecule has 4 rings (SSSR count). The zero-order valence-electron chi connectivity index (χ0n) is 9.08. The fourth-order valence-electron chi connectivity index (χ4n) is 4.09. The fraction of sp³-hybridized carbons (Fsp3) is 0.769. The van der Waals surface area contributed by atoms with Crippen LogP contribution < -0.4 is 0 Å². The minimum atomic E-state index is 0.0403. The lowest BCUT2D eigenvalue weighted by Crippen LogP contribution is -2.56. The normalized spacial score (nSPS) is 47.2. The average Bonchev–Trinajstić information content (AvgIpc) is 2.22. The van der Waals surface area contributed by atoms with Crippen LogP contribution in [0.5, 0.6) is 0 Å². The molecule has 4 fully saturated rings. The van der Waals surface area contributed by atoms with Crippen molar-refractivity contribution >= 4 is 5.78 Å². The van der Waals surface area contributed by atoms with Crippen LogP contribution in [0.1, 0.15) is 32.1 Å². The minimum absolute atomic E-state index is 0.0403. The lowest BCUT2D eigenvalue weighted by atomic mass is 9.53. The summed E-state index contributed by atoms with van der Waals surface area (Å²) >= 11 is 0. The summed E-state index contributed by atoms with van der Waals surface area (Å²) in [5, 5.41) is 0. The summed E-state index contributed by atoms with van der Waals surface area (Å²) in [5.74, 6) is 1.93. The molecule has 0 N–H and O–H groups in total. The molecular weight excluding hydrogens is 188 g/mol. The van der Waals surface area contributed by atoms with Crippen molar-refractivity contribution in [2.45, 2.75) is 37.7 Å². The van der Waals surface area contributed by atoms with Crippen molar-refractivity contribution in [3.8, 4) is 0 Å². The highest BCUT2D eigenvalue weighted by molar-refractivity contribution is 5.85. The van der Waals surface area contributed by atoms with E-state index in [9.17, 15) is 4.79 Å². The molecule has 0 amide bonds. The number of carbonyl (C=O) groups is 1. The van der Waals surface area contributed by atoms with E-state index in [0.717, 1.165) is 31.6 Å². The molecule has 82 valence electrons. The molecule has 4 aliphatic rings. The molecule has 0 radical (unpaired) electrons. The zero-order valence-corrected chi connectivity index (χ0v) is 9.08. The highest BCUT2D eigenvalue weighted by Gasteiger charge is 2.55. The summed E-state index contributed by atoms with van der Waals surface area (Å²) in [6.07, 6.45) is 7.23. The van der Waals surface area contributed by atoms with E-state index in [4.69, 9.17) is 4.74 Å². The van der Waals surface area contributed by atoms with E-state index < -0.39 is 0 Å². The quantitative estimate of drug-likeness (QED) is 0.662. The van der Waals surface area contributed by atoms with Crippen LogP contribution >= 0.6 is 0 Å². The summed E-state index contributed by atoms with van der Waals surface area (Å²) in [4.78, 5) is 11.9. The smallest absolute Gasteiger partial charge is 0.139 e. The predicted octanol–water partition coefficient (Wildman–Crippen LogP) is 2.34. The Kier molecular flexibility index (Phi) is 2.03.